The van der Waals surface area contributed by atoms with Gasteiger partial charge in [0, 0.05) is 62.6 Å². The predicted octanol–water partition coefficient (Wildman–Crippen LogP) is 3.68. The van der Waals surface area contributed by atoms with E-state index in [9.17, 15) is 9.59 Å². The number of carbonyl (C=O) groups is 2. The molecule has 1 unspecified atom stereocenters. The molecule has 0 bridgehead atoms. The molecule has 5 rings (SSSR count). The fourth-order valence-corrected chi connectivity index (χ4v) is 5.62. The Bertz CT molecular complexity index is 1420. The average molecular weight is 478 g/mol. The summed E-state index contributed by atoms with van der Waals surface area (Å²) >= 11 is 1.41. The maximum absolute atomic E-state index is 13.1. The molecule has 9 heteroatoms. The zero-order valence-electron chi connectivity index (χ0n) is 19.6. The molecule has 1 aliphatic rings. The molecule has 1 aliphatic heterocycles. The molecule has 1 saturated heterocycles. The number of benzene rings is 1. The van der Waals surface area contributed by atoms with Crippen molar-refractivity contribution in [3.05, 3.63) is 52.7 Å². The first-order valence-electron chi connectivity index (χ1n) is 11.2. The summed E-state index contributed by atoms with van der Waals surface area (Å²) in [5.41, 5.74) is 3.21. The summed E-state index contributed by atoms with van der Waals surface area (Å²) in [7, 11) is 5.50. The van der Waals surface area contributed by atoms with Gasteiger partial charge in [0.05, 0.1) is 26.2 Å². The fraction of sp³-hybridized carbons (Fsp3) is 0.320. The van der Waals surface area contributed by atoms with Gasteiger partial charge in [-0.25, -0.2) is 0 Å². The molecule has 0 aliphatic carbocycles. The standard InChI is InChI=1S/C25H27N5O3S/c1-14-22(24(31)27-3)17-6-5-16(11-19(17)29(14)4)33-20-7-9-28-18-12-21(34-23(18)20)25(32)30-10-8-15(13-30)26-2/h5-7,9,11-12,15,26H,8,10,13H2,1-4H3,(H,27,31). The van der Waals surface area contributed by atoms with E-state index >= 15 is 0 Å². The Hall–Kier alpha value is -3.43. The Kier molecular flexibility index (Phi) is 5.75. The van der Waals surface area contributed by atoms with Gasteiger partial charge in [-0.05, 0) is 38.6 Å². The van der Waals surface area contributed by atoms with Gasteiger partial charge in [-0.3, -0.25) is 14.6 Å². The lowest BCUT2D eigenvalue weighted by Gasteiger charge is -2.15. The summed E-state index contributed by atoms with van der Waals surface area (Å²) in [5.74, 6) is 1.23. The van der Waals surface area contributed by atoms with Crippen LogP contribution >= 0.6 is 11.3 Å². The zero-order valence-corrected chi connectivity index (χ0v) is 20.5. The number of carbonyl (C=O) groups excluding carboxylic acids is 2. The number of nitrogens with one attached hydrogen (secondary N) is 2. The predicted molar refractivity (Wildman–Crippen MR) is 134 cm³/mol. The van der Waals surface area contributed by atoms with E-state index in [0.29, 0.717) is 34.5 Å². The van der Waals surface area contributed by atoms with Crippen LogP contribution < -0.4 is 15.4 Å². The Morgan fingerprint density at radius 1 is 1.21 bits per heavy atom. The molecule has 3 aromatic heterocycles. The number of ether oxygens (including phenoxy) is 1. The first-order valence-corrected chi connectivity index (χ1v) is 12.1. The topological polar surface area (TPSA) is 88.5 Å². The van der Waals surface area contributed by atoms with Crippen LogP contribution in [-0.4, -0.2) is 59.5 Å². The SMILES string of the molecule is CNC(=O)c1c(C)n(C)c2cc(Oc3ccnc4cc(C(=O)N5CCC(NC)C5)sc34)ccc12. The van der Waals surface area contributed by atoms with Crippen LogP contribution in [0.4, 0.5) is 0 Å². The van der Waals surface area contributed by atoms with E-state index in [0.717, 1.165) is 39.8 Å². The van der Waals surface area contributed by atoms with Crippen molar-refractivity contribution in [3.8, 4) is 11.5 Å². The molecule has 1 fully saturated rings. The van der Waals surface area contributed by atoms with Crippen LogP contribution in [0.1, 0.15) is 32.1 Å². The van der Waals surface area contributed by atoms with Crippen molar-refractivity contribution in [2.45, 2.75) is 19.4 Å². The minimum atomic E-state index is -0.109. The number of nitrogens with zero attached hydrogens (tertiary/aromatic N) is 3. The average Bonchev–Trinajstić information content (AvgIpc) is 3.56. The highest BCUT2D eigenvalue weighted by Crippen LogP contribution is 2.37. The summed E-state index contributed by atoms with van der Waals surface area (Å²) in [6.45, 7) is 3.40. The Morgan fingerprint density at radius 2 is 2.03 bits per heavy atom. The van der Waals surface area contributed by atoms with Crippen LogP contribution in [0, 0.1) is 6.92 Å². The summed E-state index contributed by atoms with van der Waals surface area (Å²) in [6, 6.07) is 9.72. The number of fused-ring (bicyclic) bond motifs is 2. The largest absolute Gasteiger partial charge is 0.456 e. The summed E-state index contributed by atoms with van der Waals surface area (Å²) in [5, 5.41) is 6.84. The molecule has 2 amide bonds. The van der Waals surface area contributed by atoms with Gasteiger partial charge in [-0.2, -0.15) is 0 Å². The number of aryl methyl sites for hydroxylation is 1. The van der Waals surface area contributed by atoms with E-state index in [2.05, 4.69) is 15.6 Å². The lowest BCUT2D eigenvalue weighted by molar-refractivity contribution is 0.0794. The molecule has 0 saturated carbocycles. The Labute approximate surface area is 201 Å². The van der Waals surface area contributed by atoms with Crippen LogP contribution in [0.2, 0.25) is 0 Å². The number of likely N-dealkylation sites (tertiary alicyclic amines) is 1. The summed E-state index contributed by atoms with van der Waals surface area (Å²) < 4.78 is 9.09. The first kappa shape index (κ1) is 22.4. The highest BCUT2D eigenvalue weighted by Gasteiger charge is 2.27. The number of pyridine rings is 1. The molecular weight excluding hydrogens is 450 g/mol. The van der Waals surface area contributed by atoms with Crippen LogP contribution in [0.5, 0.6) is 11.5 Å². The summed E-state index contributed by atoms with van der Waals surface area (Å²) in [4.78, 5) is 32.4. The van der Waals surface area contributed by atoms with Crippen molar-refractivity contribution in [2.75, 3.05) is 27.2 Å². The van der Waals surface area contributed by atoms with Gasteiger partial charge in [0.1, 0.15) is 11.5 Å². The molecule has 176 valence electrons. The van der Waals surface area contributed by atoms with Crippen molar-refractivity contribution >= 4 is 44.3 Å². The molecule has 4 heterocycles. The van der Waals surface area contributed by atoms with Gasteiger partial charge in [0.15, 0.2) is 0 Å². The van der Waals surface area contributed by atoms with Crippen LogP contribution in [-0.2, 0) is 7.05 Å². The molecular formula is C25H27N5O3S. The second kappa shape index (κ2) is 8.73. The number of hydrogen-bond acceptors (Lipinski definition) is 6. The molecule has 1 atom stereocenters. The molecule has 4 aromatic rings. The van der Waals surface area contributed by atoms with Crippen molar-refractivity contribution in [1.29, 1.82) is 0 Å². The number of amides is 2. The fourth-order valence-electron chi connectivity index (χ4n) is 4.58. The van der Waals surface area contributed by atoms with Crippen LogP contribution in [0.15, 0.2) is 36.5 Å². The minimum absolute atomic E-state index is 0.0362. The first-order chi connectivity index (χ1) is 16.4. The third-order valence-corrected chi connectivity index (χ3v) is 7.74. The lowest BCUT2D eigenvalue weighted by atomic mass is 10.1. The maximum Gasteiger partial charge on any atom is 0.264 e. The maximum atomic E-state index is 13.1. The molecule has 1 aromatic carbocycles. The van der Waals surface area contributed by atoms with E-state index in [4.69, 9.17) is 4.74 Å². The van der Waals surface area contributed by atoms with E-state index in [-0.39, 0.29) is 11.8 Å². The van der Waals surface area contributed by atoms with E-state index < -0.39 is 0 Å². The van der Waals surface area contributed by atoms with Gasteiger partial charge in [-0.15, -0.1) is 11.3 Å². The van der Waals surface area contributed by atoms with Gasteiger partial charge >= 0.3 is 0 Å². The number of thiophene rings is 1. The third kappa shape index (κ3) is 3.70. The number of rotatable bonds is 5. The van der Waals surface area contributed by atoms with Gasteiger partial charge < -0.3 is 24.8 Å². The third-order valence-electron chi connectivity index (χ3n) is 6.62. The Balaban J connectivity index is 1.47. The zero-order chi connectivity index (χ0) is 24.0. The molecule has 34 heavy (non-hydrogen) atoms. The van der Waals surface area contributed by atoms with Crippen molar-refractivity contribution in [2.24, 2.45) is 7.05 Å². The van der Waals surface area contributed by atoms with E-state index in [1.165, 1.54) is 11.3 Å². The highest BCUT2D eigenvalue weighted by molar-refractivity contribution is 7.21. The summed E-state index contributed by atoms with van der Waals surface area (Å²) in [6.07, 6.45) is 2.66. The smallest absolute Gasteiger partial charge is 0.264 e. The number of aromatic nitrogens is 2. The van der Waals surface area contributed by atoms with Gasteiger partial charge in [-0.1, -0.05) is 0 Å². The normalized spacial score (nSPS) is 15.9. The Morgan fingerprint density at radius 3 is 2.76 bits per heavy atom. The van der Waals surface area contributed by atoms with Crippen molar-refractivity contribution < 1.29 is 14.3 Å². The molecule has 2 N–H and O–H groups in total. The molecule has 0 radical (unpaired) electrons. The quantitative estimate of drug-likeness (QED) is 0.458. The minimum Gasteiger partial charge on any atom is -0.456 e. The second-order valence-electron chi connectivity index (χ2n) is 8.54. The molecule has 0 spiro atoms. The van der Waals surface area contributed by atoms with Crippen molar-refractivity contribution in [1.82, 2.24) is 25.1 Å². The number of likely N-dealkylation sites (N-methyl/N-ethyl adjacent to an activating group) is 1. The lowest BCUT2D eigenvalue weighted by Crippen LogP contribution is -2.33. The molecule has 8 nitrogen and oxygen atoms in total. The van der Waals surface area contributed by atoms with Gasteiger partial charge in [0.2, 0.25) is 0 Å². The van der Waals surface area contributed by atoms with E-state index in [1.807, 2.05) is 60.8 Å². The van der Waals surface area contributed by atoms with Crippen LogP contribution in [0.25, 0.3) is 21.1 Å². The number of hydrogen-bond donors (Lipinski definition) is 2. The monoisotopic (exact) mass is 477 g/mol. The second-order valence-corrected chi connectivity index (χ2v) is 9.59. The van der Waals surface area contributed by atoms with E-state index in [1.54, 1.807) is 13.2 Å². The van der Waals surface area contributed by atoms with Crippen LogP contribution in [0.3, 0.4) is 0 Å². The van der Waals surface area contributed by atoms with Gasteiger partial charge in [0.25, 0.3) is 11.8 Å². The van der Waals surface area contributed by atoms with Crippen molar-refractivity contribution in [3.63, 3.8) is 0 Å². The highest BCUT2D eigenvalue weighted by atomic mass is 32.1.